The maximum atomic E-state index is 14.8. The van der Waals surface area contributed by atoms with Crippen molar-refractivity contribution >= 4 is 44.4 Å². The normalized spacial score (nSPS) is 26.1. The van der Waals surface area contributed by atoms with Crippen molar-refractivity contribution in [1.82, 2.24) is 35.5 Å². The van der Waals surface area contributed by atoms with Crippen molar-refractivity contribution in [1.29, 1.82) is 0 Å². The lowest BCUT2D eigenvalue weighted by Gasteiger charge is -2.43. The molecule has 4 aliphatic heterocycles. The third-order valence-electron chi connectivity index (χ3n) is 14.9. The molecule has 9 rings (SSSR count). The predicted octanol–water partition coefficient (Wildman–Crippen LogP) is 5.20. The molecule has 4 aromatic rings. The van der Waals surface area contributed by atoms with Crippen molar-refractivity contribution in [2.75, 3.05) is 33.4 Å². The van der Waals surface area contributed by atoms with Crippen molar-refractivity contribution in [2.45, 2.75) is 128 Å². The molecular weight excluding hydrogens is 887 g/mol. The van der Waals surface area contributed by atoms with Crippen LogP contribution in [0.1, 0.15) is 96.6 Å². The summed E-state index contributed by atoms with van der Waals surface area (Å²) in [5, 5.41) is 18.5. The number of aromatic hydroxyl groups is 1. The molecule has 6 bridgehead atoms. The Balaban J connectivity index is 1.09. The highest BCUT2D eigenvalue weighted by Crippen LogP contribution is 2.53. The van der Waals surface area contributed by atoms with Crippen LogP contribution in [0.25, 0.3) is 33.3 Å². The van der Waals surface area contributed by atoms with E-state index in [9.17, 15) is 32.7 Å². The molecule has 16 nitrogen and oxygen atoms in total. The average molecular weight is 952 g/mol. The Morgan fingerprint density at radius 2 is 1.82 bits per heavy atom. The first-order valence-corrected chi connectivity index (χ1v) is 25.7. The number of aromatic nitrogens is 2. The van der Waals surface area contributed by atoms with Gasteiger partial charge in [-0.3, -0.25) is 34.5 Å². The molecular formula is C51H65N7O9S. The molecule has 3 amide bonds. The summed E-state index contributed by atoms with van der Waals surface area (Å²) in [7, 11) is -1.72. The zero-order valence-corrected chi connectivity index (χ0v) is 40.9. The van der Waals surface area contributed by atoms with Gasteiger partial charge in [-0.2, -0.15) is 0 Å². The average Bonchev–Trinajstić information content (AvgIpc) is 4.06. The van der Waals surface area contributed by atoms with Gasteiger partial charge in [-0.1, -0.05) is 39.8 Å². The second-order valence-electron chi connectivity index (χ2n) is 20.8. The van der Waals surface area contributed by atoms with E-state index in [0.29, 0.717) is 49.9 Å². The molecule has 1 saturated carbocycles. The van der Waals surface area contributed by atoms with Crippen LogP contribution in [-0.2, 0) is 57.9 Å². The second kappa shape index (κ2) is 18.2. The van der Waals surface area contributed by atoms with Crippen molar-refractivity contribution < 1.29 is 42.2 Å². The summed E-state index contributed by atoms with van der Waals surface area (Å²) in [6, 6.07) is 12.5. The van der Waals surface area contributed by atoms with E-state index in [1.165, 1.54) is 5.01 Å². The third kappa shape index (κ3) is 8.79. The fourth-order valence-electron chi connectivity index (χ4n) is 11.2. The van der Waals surface area contributed by atoms with Crippen LogP contribution in [-0.4, -0.2) is 119 Å². The van der Waals surface area contributed by atoms with Crippen LogP contribution in [0.15, 0.2) is 54.7 Å². The van der Waals surface area contributed by atoms with Gasteiger partial charge in [-0.05, 0) is 117 Å². The van der Waals surface area contributed by atoms with E-state index in [1.54, 1.807) is 30.3 Å². The van der Waals surface area contributed by atoms with Gasteiger partial charge in [0.25, 0.3) is 5.91 Å². The van der Waals surface area contributed by atoms with E-state index in [-0.39, 0.29) is 62.6 Å². The van der Waals surface area contributed by atoms with Crippen molar-refractivity contribution in [3.8, 4) is 28.1 Å². The molecule has 2 aromatic heterocycles. The largest absolute Gasteiger partial charge is 0.508 e. The number of carbonyl (C=O) groups excluding carboxylic acids is 4. The standard InChI is InChI=1S/C51H65N7O9S/c1-8-56-41-14-13-32-23-37(41)38(45(56)36-11-9-16-52-43(36)30(4)66-7)26-50(5,6)28-67-48(62)39-12-10-17-58(55-39)47(61)40(21-31-19-33(32)22-34(59)20-31)54-46(60)44(29(2)3)57-18-15-51(49(57)63)24-35(25-51)68(64,65)42-27-53-42/h9,11,13-14,16,19-20,22-23,29-30,35,39-40,42,44,53,55,59H,8,10,12,15,17-18,21,24-28H2,1-7H3,(H,54,60)/t30-,35?,39-,40-,42+,44?,51?/m0/s1. The molecule has 5 atom stereocenters. The highest BCUT2D eigenvalue weighted by atomic mass is 32.2. The lowest BCUT2D eigenvalue weighted by molar-refractivity contribution is -0.155. The first-order chi connectivity index (χ1) is 32.3. The van der Waals surface area contributed by atoms with Gasteiger partial charge in [0, 0.05) is 67.8 Å². The number of hydrogen-bond acceptors (Lipinski definition) is 12. The highest BCUT2D eigenvalue weighted by Gasteiger charge is 2.61. The summed E-state index contributed by atoms with van der Waals surface area (Å²) < 4.78 is 40.2. The van der Waals surface area contributed by atoms with Gasteiger partial charge in [0.15, 0.2) is 9.84 Å². The number of hydrogen-bond donors (Lipinski definition) is 4. The van der Waals surface area contributed by atoms with Crippen LogP contribution in [0.2, 0.25) is 0 Å². The molecule has 6 heterocycles. The van der Waals surface area contributed by atoms with E-state index in [0.717, 1.165) is 39.0 Å². The van der Waals surface area contributed by atoms with E-state index in [2.05, 4.69) is 59.6 Å². The molecule has 1 aliphatic carbocycles. The fraction of sp³-hybridized carbons (Fsp3) is 0.549. The van der Waals surface area contributed by atoms with Crippen LogP contribution < -0.4 is 16.1 Å². The maximum Gasteiger partial charge on any atom is 0.324 e. The maximum absolute atomic E-state index is 14.8. The number of hydrazine groups is 1. The van der Waals surface area contributed by atoms with Gasteiger partial charge >= 0.3 is 5.97 Å². The summed E-state index contributed by atoms with van der Waals surface area (Å²) in [5.74, 6) is -2.08. The first-order valence-electron chi connectivity index (χ1n) is 24.1. The van der Waals surface area contributed by atoms with Crippen LogP contribution in [0, 0.1) is 16.7 Å². The molecule has 364 valence electrons. The number of methoxy groups -OCH3 is 1. The smallest absolute Gasteiger partial charge is 0.324 e. The number of pyridine rings is 1. The minimum atomic E-state index is -3.38. The third-order valence-corrected chi connectivity index (χ3v) is 17.3. The van der Waals surface area contributed by atoms with Gasteiger partial charge in [-0.15, -0.1) is 0 Å². The number of nitrogens with one attached hydrogen (secondary N) is 3. The number of esters is 1. The van der Waals surface area contributed by atoms with Crippen LogP contribution in [0.3, 0.4) is 0 Å². The lowest BCUT2D eigenvalue weighted by Crippen LogP contribution is -2.62. The molecule has 68 heavy (non-hydrogen) atoms. The molecule has 17 heteroatoms. The number of carbonyl (C=O) groups is 4. The van der Waals surface area contributed by atoms with E-state index in [1.807, 2.05) is 39.0 Å². The number of benzene rings is 2. The van der Waals surface area contributed by atoms with E-state index in [4.69, 9.17) is 14.5 Å². The summed E-state index contributed by atoms with van der Waals surface area (Å²) in [6.45, 7) is 13.7. The van der Waals surface area contributed by atoms with Crippen molar-refractivity contribution in [3.63, 3.8) is 0 Å². The summed E-state index contributed by atoms with van der Waals surface area (Å²) in [4.78, 5) is 64.0. The monoisotopic (exact) mass is 951 g/mol. The van der Waals surface area contributed by atoms with Gasteiger partial charge in [0.05, 0.1) is 34.8 Å². The molecule has 2 aromatic carbocycles. The molecule has 4 N–H and O–H groups in total. The van der Waals surface area contributed by atoms with Crippen LogP contribution in [0.5, 0.6) is 5.75 Å². The Bertz CT molecular complexity index is 2760. The molecule has 1 spiro atoms. The Hall–Kier alpha value is -5.36. The lowest BCUT2D eigenvalue weighted by atomic mass is 9.67. The summed E-state index contributed by atoms with van der Waals surface area (Å²) >= 11 is 0. The topological polar surface area (TPSA) is 211 Å². The number of phenolic OH excluding ortho intramolecular Hbond substituents is 1. The van der Waals surface area contributed by atoms with Gasteiger partial charge in [0.1, 0.15) is 29.2 Å². The predicted molar refractivity (Wildman–Crippen MR) is 256 cm³/mol. The Kier molecular flexibility index (Phi) is 12.8. The minimum Gasteiger partial charge on any atom is -0.508 e. The quantitative estimate of drug-likeness (QED) is 0.119. The number of ether oxygens (including phenoxy) is 2. The number of likely N-dealkylation sites (tertiary alicyclic amines) is 1. The molecule has 1 unspecified atom stereocenters. The number of rotatable bonds is 10. The van der Waals surface area contributed by atoms with Crippen LogP contribution in [0.4, 0.5) is 0 Å². The molecule has 4 fully saturated rings. The van der Waals surface area contributed by atoms with E-state index < -0.39 is 67.2 Å². The molecule has 3 saturated heterocycles. The summed E-state index contributed by atoms with van der Waals surface area (Å²) in [6.07, 6.45) is 3.85. The zero-order valence-electron chi connectivity index (χ0n) is 40.1. The Labute approximate surface area is 398 Å². The Morgan fingerprint density at radius 1 is 1.06 bits per heavy atom. The van der Waals surface area contributed by atoms with Gasteiger partial charge < -0.3 is 29.4 Å². The van der Waals surface area contributed by atoms with Gasteiger partial charge in [0.2, 0.25) is 11.8 Å². The van der Waals surface area contributed by atoms with Crippen molar-refractivity contribution in [3.05, 3.63) is 71.5 Å². The number of sulfone groups is 1. The number of nitrogens with zero attached hydrogens (tertiary/aromatic N) is 4. The highest BCUT2D eigenvalue weighted by molar-refractivity contribution is 7.93. The molecule has 5 aliphatic rings. The fourth-order valence-corrected chi connectivity index (χ4v) is 13.3. The van der Waals surface area contributed by atoms with Crippen molar-refractivity contribution in [2.24, 2.45) is 16.7 Å². The van der Waals surface area contributed by atoms with E-state index >= 15 is 0 Å². The van der Waals surface area contributed by atoms with Gasteiger partial charge in [-0.25, -0.2) is 13.8 Å². The van der Waals surface area contributed by atoms with Crippen LogP contribution >= 0.6 is 0 Å². The number of amides is 3. The first kappa shape index (κ1) is 47.7. The Morgan fingerprint density at radius 3 is 2.53 bits per heavy atom. The zero-order chi connectivity index (χ0) is 48.4. The minimum absolute atomic E-state index is 0.0172. The second-order valence-corrected chi connectivity index (χ2v) is 23.2. The number of cyclic esters (lactones) is 1. The number of aryl methyl sites for hydroxylation is 1. The number of phenols is 1. The number of fused-ring (bicyclic) bond motifs is 6. The SMILES string of the molecule is CCn1c(-c2cccnc2[C@H](C)OC)c2c3cc(ccc31)-c1cc(O)cc(c1)C[C@H](NC(=O)C(C(C)C)N1CCC3(CC(S(=O)(=O)[C@@H]4CN4)C3)C1=O)C(=O)N1CCC[C@H](N1)C(=O)OCC(C)(C)C2. The molecule has 0 radical (unpaired) electrons. The summed E-state index contributed by atoms with van der Waals surface area (Å²) in [5.41, 5.74) is 8.66.